The standard InChI is InChI=1S/C40H46N8O2/c1-25-11-17-31(18-12-25)48-35(24-34(47-48)40(4,5)6)46-39(50)45-33-10-8-7-9-32(33)36(28-19-21-41-22-20-28)37(49)29-13-15-30(16-14-29)44-38-42-26(2)23-27(3)43-38/h7-18,23-24,28,36,41H,19-22H2,1-6H3,(H,42,43,44)(H2,45,46,50). The van der Waals surface area contributed by atoms with Gasteiger partial charge in [-0.1, -0.05) is 56.7 Å². The zero-order chi connectivity index (χ0) is 35.4. The van der Waals surface area contributed by atoms with Gasteiger partial charge in [-0.25, -0.2) is 19.4 Å². The molecule has 0 bridgehead atoms. The molecule has 50 heavy (non-hydrogen) atoms. The third-order valence-corrected chi connectivity index (χ3v) is 9.09. The minimum atomic E-state index is -0.444. The van der Waals surface area contributed by atoms with E-state index in [1.54, 1.807) is 4.68 Å². The second-order valence-electron chi connectivity index (χ2n) is 14.2. The molecule has 0 saturated carbocycles. The Hall–Kier alpha value is -5.35. The van der Waals surface area contributed by atoms with E-state index in [1.807, 2.05) is 106 Å². The minimum Gasteiger partial charge on any atom is -0.324 e. The van der Waals surface area contributed by atoms with Gasteiger partial charge in [0.15, 0.2) is 5.78 Å². The van der Waals surface area contributed by atoms with Crippen molar-refractivity contribution in [3.05, 3.63) is 119 Å². The first-order valence-corrected chi connectivity index (χ1v) is 17.2. The van der Waals surface area contributed by atoms with Crippen LogP contribution in [0.25, 0.3) is 5.69 Å². The van der Waals surface area contributed by atoms with Gasteiger partial charge >= 0.3 is 6.03 Å². The van der Waals surface area contributed by atoms with Gasteiger partial charge in [0.05, 0.1) is 17.3 Å². The molecule has 2 aromatic heterocycles. The average molecular weight is 671 g/mol. The summed E-state index contributed by atoms with van der Waals surface area (Å²) in [6.45, 7) is 13.9. The summed E-state index contributed by atoms with van der Waals surface area (Å²) in [5.41, 5.74) is 7.18. The fraction of sp³-hybridized carbons (Fsp3) is 0.325. The molecule has 0 aliphatic carbocycles. The van der Waals surface area contributed by atoms with Crippen molar-refractivity contribution in [2.75, 3.05) is 29.0 Å². The van der Waals surface area contributed by atoms with E-state index in [1.165, 1.54) is 0 Å². The Morgan fingerprint density at radius 2 is 1.50 bits per heavy atom. The number of piperidine rings is 1. The van der Waals surface area contributed by atoms with E-state index in [0.717, 1.165) is 65.5 Å². The minimum absolute atomic E-state index is 0.0213. The number of Topliss-reactive ketones (excluding diaryl/α,β-unsaturated/α-hetero) is 1. The summed E-state index contributed by atoms with van der Waals surface area (Å²) in [5.74, 6) is 0.756. The van der Waals surface area contributed by atoms with Crippen molar-refractivity contribution in [1.29, 1.82) is 0 Å². The summed E-state index contributed by atoms with van der Waals surface area (Å²) >= 11 is 0. The Kier molecular flexibility index (Phi) is 10.1. The number of hydrogen-bond donors (Lipinski definition) is 4. The lowest BCUT2D eigenvalue weighted by molar-refractivity contribution is 0.0916. The van der Waals surface area contributed by atoms with Crippen LogP contribution < -0.4 is 21.3 Å². The molecule has 258 valence electrons. The van der Waals surface area contributed by atoms with Crippen LogP contribution in [-0.4, -0.2) is 44.7 Å². The van der Waals surface area contributed by atoms with Gasteiger partial charge in [0.1, 0.15) is 5.82 Å². The Balaban J connectivity index is 1.27. The number of carbonyl (C=O) groups excluding carboxylic acids is 2. The molecule has 10 heteroatoms. The van der Waals surface area contributed by atoms with Crippen LogP contribution in [0.3, 0.4) is 0 Å². The predicted octanol–water partition coefficient (Wildman–Crippen LogP) is 8.24. The van der Waals surface area contributed by atoms with Crippen LogP contribution in [0.5, 0.6) is 0 Å². The molecule has 0 radical (unpaired) electrons. The Morgan fingerprint density at radius 1 is 0.840 bits per heavy atom. The zero-order valence-corrected chi connectivity index (χ0v) is 29.7. The van der Waals surface area contributed by atoms with Gasteiger partial charge in [0.2, 0.25) is 5.95 Å². The van der Waals surface area contributed by atoms with E-state index in [0.29, 0.717) is 23.0 Å². The molecule has 1 unspecified atom stereocenters. The SMILES string of the molecule is Cc1ccc(-n2nc(C(C)(C)C)cc2NC(=O)Nc2ccccc2C(C(=O)c2ccc(Nc3nc(C)cc(C)n3)cc2)C2CCNCC2)cc1. The van der Waals surface area contributed by atoms with Crippen LogP contribution in [0.1, 0.15) is 78.1 Å². The van der Waals surface area contributed by atoms with E-state index >= 15 is 0 Å². The number of urea groups is 1. The van der Waals surface area contributed by atoms with Crippen molar-refractivity contribution >= 4 is 35.0 Å². The third-order valence-electron chi connectivity index (χ3n) is 9.09. The first kappa shape index (κ1) is 34.5. The summed E-state index contributed by atoms with van der Waals surface area (Å²) in [5, 5.41) is 17.7. The summed E-state index contributed by atoms with van der Waals surface area (Å²) in [6.07, 6.45) is 1.71. The molecule has 1 aliphatic rings. The maximum absolute atomic E-state index is 14.4. The molecular weight excluding hydrogens is 624 g/mol. The molecular formula is C40H46N8O2. The second kappa shape index (κ2) is 14.6. The van der Waals surface area contributed by atoms with Crippen LogP contribution >= 0.6 is 0 Å². The van der Waals surface area contributed by atoms with Gasteiger partial charge in [0.25, 0.3) is 0 Å². The number of amides is 2. The molecule has 6 rings (SSSR count). The highest BCUT2D eigenvalue weighted by Gasteiger charge is 2.33. The van der Waals surface area contributed by atoms with Crippen molar-refractivity contribution < 1.29 is 9.59 Å². The van der Waals surface area contributed by atoms with E-state index in [-0.39, 0.29) is 17.1 Å². The number of hydrogen-bond acceptors (Lipinski definition) is 7. The molecule has 5 aromatic rings. The zero-order valence-electron chi connectivity index (χ0n) is 29.7. The Bertz CT molecular complexity index is 1950. The topological polar surface area (TPSA) is 126 Å². The van der Waals surface area contributed by atoms with Gasteiger partial charge in [-0.05, 0) is 107 Å². The number of nitrogens with one attached hydrogen (secondary N) is 4. The smallest absolute Gasteiger partial charge is 0.324 e. The number of para-hydroxylation sites is 1. The van der Waals surface area contributed by atoms with Crippen molar-refractivity contribution in [2.24, 2.45) is 5.92 Å². The fourth-order valence-electron chi connectivity index (χ4n) is 6.47. The maximum atomic E-state index is 14.4. The molecule has 3 heterocycles. The van der Waals surface area contributed by atoms with Crippen molar-refractivity contribution in [3.8, 4) is 5.69 Å². The molecule has 1 fully saturated rings. The monoisotopic (exact) mass is 670 g/mol. The lowest BCUT2D eigenvalue weighted by atomic mass is 9.75. The fourth-order valence-corrected chi connectivity index (χ4v) is 6.47. The molecule has 1 saturated heterocycles. The van der Waals surface area contributed by atoms with Crippen LogP contribution in [-0.2, 0) is 5.41 Å². The van der Waals surface area contributed by atoms with Gasteiger partial charge in [-0.15, -0.1) is 0 Å². The van der Waals surface area contributed by atoms with Crippen molar-refractivity contribution in [1.82, 2.24) is 25.1 Å². The molecule has 2 amide bonds. The van der Waals surface area contributed by atoms with Gasteiger partial charge in [-0.2, -0.15) is 5.10 Å². The summed E-state index contributed by atoms with van der Waals surface area (Å²) in [7, 11) is 0. The normalized spacial score (nSPS) is 14.2. The molecule has 4 N–H and O–H groups in total. The number of anilines is 4. The van der Waals surface area contributed by atoms with Crippen LogP contribution in [0.4, 0.5) is 27.9 Å². The number of aromatic nitrogens is 4. The highest BCUT2D eigenvalue weighted by atomic mass is 16.2. The second-order valence-corrected chi connectivity index (χ2v) is 14.2. The van der Waals surface area contributed by atoms with E-state index < -0.39 is 11.9 Å². The number of rotatable bonds is 9. The van der Waals surface area contributed by atoms with Crippen LogP contribution in [0.2, 0.25) is 0 Å². The van der Waals surface area contributed by atoms with Crippen molar-refractivity contribution in [2.45, 2.75) is 65.7 Å². The predicted molar refractivity (Wildman–Crippen MR) is 200 cm³/mol. The van der Waals surface area contributed by atoms with Gasteiger partial charge < -0.3 is 16.0 Å². The average Bonchev–Trinajstić information content (AvgIpc) is 3.50. The van der Waals surface area contributed by atoms with E-state index in [2.05, 4.69) is 52.0 Å². The van der Waals surface area contributed by atoms with Crippen molar-refractivity contribution in [3.63, 3.8) is 0 Å². The molecule has 1 atom stereocenters. The largest absolute Gasteiger partial charge is 0.324 e. The van der Waals surface area contributed by atoms with E-state index in [9.17, 15) is 9.59 Å². The first-order chi connectivity index (χ1) is 23.9. The lowest BCUT2D eigenvalue weighted by Gasteiger charge is -2.31. The summed E-state index contributed by atoms with van der Waals surface area (Å²) < 4.78 is 1.76. The van der Waals surface area contributed by atoms with Gasteiger partial charge in [0, 0.05) is 39.8 Å². The van der Waals surface area contributed by atoms with E-state index in [4.69, 9.17) is 5.10 Å². The first-order valence-electron chi connectivity index (χ1n) is 17.2. The Morgan fingerprint density at radius 3 is 2.16 bits per heavy atom. The highest BCUT2D eigenvalue weighted by molar-refractivity contribution is 6.04. The number of carbonyl (C=O) groups is 2. The molecule has 1 aliphatic heterocycles. The maximum Gasteiger partial charge on any atom is 0.324 e. The number of aryl methyl sites for hydroxylation is 3. The lowest BCUT2D eigenvalue weighted by Crippen LogP contribution is -2.34. The highest BCUT2D eigenvalue weighted by Crippen LogP contribution is 2.38. The quantitative estimate of drug-likeness (QED) is 0.116. The molecule has 10 nitrogen and oxygen atoms in total. The molecule has 0 spiro atoms. The summed E-state index contributed by atoms with van der Waals surface area (Å²) in [6, 6.07) is 26.6. The number of ketones is 1. The number of benzene rings is 3. The molecule has 3 aromatic carbocycles. The summed E-state index contributed by atoms with van der Waals surface area (Å²) in [4.78, 5) is 37.1. The van der Waals surface area contributed by atoms with Crippen LogP contribution in [0, 0.1) is 26.7 Å². The Labute approximate surface area is 294 Å². The van der Waals surface area contributed by atoms with Crippen LogP contribution in [0.15, 0.2) is 84.9 Å². The number of nitrogens with zero attached hydrogens (tertiary/aromatic N) is 4. The van der Waals surface area contributed by atoms with Gasteiger partial charge in [-0.3, -0.25) is 10.1 Å². The third kappa shape index (κ3) is 8.09.